The zero-order valence-electron chi connectivity index (χ0n) is 21.1. The summed E-state index contributed by atoms with van der Waals surface area (Å²) in [5.74, 6) is 2.45. The summed E-state index contributed by atoms with van der Waals surface area (Å²) in [7, 11) is 1.93. The van der Waals surface area contributed by atoms with Crippen LogP contribution in [0.1, 0.15) is 60.8 Å². The van der Waals surface area contributed by atoms with Gasteiger partial charge in [0, 0.05) is 47.6 Å². The van der Waals surface area contributed by atoms with Gasteiger partial charge in [-0.1, -0.05) is 12.1 Å². The van der Waals surface area contributed by atoms with Crippen molar-refractivity contribution in [1.82, 2.24) is 4.90 Å². The van der Waals surface area contributed by atoms with E-state index in [4.69, 9.17) is 18.6 Å². The molecule has 2 aliphatic heterocycles. The number of hydrogen-bond donors (Lipinski definition) is 0. The predicted octanol–water partition coefficient (Wildman–Crippen LogP) is 5.03. The minimum absolute atomic E-state index is 0.0853. The van der Waals surface area contributed by atoms with Crippen LogP contribution in [0.5, 0.6) is 5.75 Å². The van der Waals surface area contributed by atoms with E-state index in [0.717, 1.165) is 17.9 Å². The lowest BCUT2D eigenvalue weighted by molar-refractivity contribution is -0.283. The summed E-state index contributed by atoms with van der Waals surface area (Å²) in [6.45, 7) is 6.04. The number of piperidine rings is 1. The van der Waals surface area contributed by atoms with Crippen molar-refractivity contribution < 1.29 is 18.6 Å². The number of aryl methyl sites for hydroxylation is 1. The van der Waals surface area contributed by atoms with Gasteiger partial charge in [-0.05, 0) is 81.5 Å². The number of rotatable bonds is 7. The highest BCUT2D eigenvalue weighted by molar-refractivity contribution is 5.61. The molecule has 4 bridgehead atoms. The third kappa shape index (κ3) is 2.55. The van der Waals surface area contributed by atoms with Crippen LogP contribution in [0.25, 0.3) is 0 Å². The number of fused-ring (bicyclic) bond motifs is 2. The van der Waals surface area contributed by atoms with E-state index in [1.807, 2.05) is 13.2 Å². The monoisotopic (exact) mass is 475 g/mol. The molecule has 2 spiro atoms. The number of likely N-dealkylation sites (tertiary alicyclic amines) is 1. The second-order valence-electron chi connectivity index (χ2n) is 12.5. The minimum Gasteiger partial charge on any atom is -0.486 e. The highest BCUT2D eigenvalue weighted by Gasteiger charge is 2.80. The Morgan fingerprint density at radius 3 is 2.86 bits per heavy atom. The highest BCUT2D eigenvalue weighted by atomic mass is 16.6. The van der Waals surface area contributed by atoms with Gasteiger partial charge in [-0.25, -0.2) is 0 Å². The highest BCUT2D eigenvalue weighted by Crippen LogP contribution is 2.76. The normalized spacial score (nSPS) is 40.6. The first kappa shape index (κ1) is 21.3. The van der Waals surface area contributed by atoms with Gasteiger partial charge in [0.05, 0.1) is 25.7 Å². The molecular formula is C30H37NO4. The van der Waals surface area contributed by atoms with E-state index in [9.17, 15) is 0 Å². The van der Waals surface area contributed by atoms with Crippen LogP contribution in [0.3, 0.4) is 0 Å². The largest absolute Gasteiger partial charge is 0.486 e. The van der Waals surface area contributed by atoms with Crippen LogP contribution in [0, 0.1) is 24.2 Å². The molecule has 4 saturated carbocycles. The molecule has 35 heavy (non-hydrogen) atoms. The Kier molecular flexibility index (Phi) is 4.34. The molecule has 1 aromatic carbocycles. The van der Waals surface area contributed by atoms with E-state index in [1.165, 1.54) is 62.9 Å². The van der Waals surface area contributed by atoms with Crippen molar-refractivity contribution >= 4 is 0 Å². The number of hydrogen-bond acceptors (Lipinski definition) is 5. The second-order valence-corrected chi connectivity index (χ2v) is 12.5. The van der Waals surface area contributed by atoms with Crippen LogP contribution in [0.15, 0.2) is 35.1 Å². The van der Waals surface area contributed by atoms with Gasteiger partial charge in [0.2, 0.25) is 0 Å². The summed E-state index contributed by atoms with van der Waals surface area (Å²) in [6.07, 6.45) is 12.3. The first-order valence-electron chi connectivity index (χ1n) is 13.8. The van der Waals surface area contributed by atoms with Gasteiger partial charge in [0.1, 0.15) is 17.5 Å². The lowest BCUT2D eigenvalue weighted by Gasteiger charge is -2.74. The predicted molar refractivity (Wildman–Crippen MR) is 132 cm³/mol. The van der Waals surface area contributed by atoms with Crippen LogP contribution in [-0.4, -0.2) is 49.5 Å². The smallest absolute Gasteiger partial charge is 0.138 e. The van der Waals surface area contributed by atoms with Crippen molar-refractivity contribution in [1.29, 1.82) is 0 Å². The summed E-state index contributed by atoms with van der Waals surface area (Å²) in [4.78, 5) is 2.91. The number of benzene rings is 1. The molecule has 2 aromatic rings. The summed E-state index contributed by atoms with van der Waals surface area (Å²) >= 11 is 0. The van der Waals surface area contributed by atoms with Gasteiger partial charge in [-0.15, -0.1) is 0 Å². The minimum atomic E-state index is -0.290. The molecule has 0 N–H and O–H groups in total. The fourth-order valence-corrected chi connectivity index (χ4v) is 9.59. The number of ether oxygens (including phenoxy) is 3. The molecule has 186 valence electrons. The van der Waals surface area contributed by atoms with E-state index in [2.05, 4.69) is 24.0 Å². The van der Waals surface area contributed by atoms with Crippen molar-refractivity contribution in [2.45, 2.75) is 81.6 Å². The first-order valence-corrected chi connectivity index (χ1v) is 13.8. The Morgan fingerprint density at radius 2 is 2.06 bits per heavy atom. The maximum absolute atomic E-state index is 7.13. The maximum Gasteiger partial charge on any atom is 0.138 e. The Balaban J connectivity index is 1.24. The Hall–Kier alpha value is -1.82. The SMILES string of the molecule is CO[C@]12CC[C@@]3(C[C@H]1COCc1ccoc1)[C@H]1Cc4ccc(C)c5c4[C@@]3(CCN1CC1CC1)C2O5. The van der Waals surface area contributed by atoms with Gasteiger partial charge in [-0.2, -0.15) is 0 Å². The van der Waals surface area contributed by atoms with Crippen molar-refractivity contribution in [2.24, 2.45) is 17.3 Å². The number of methoxy groups -OCH3 is 1. The standard InChI is InChI=1S/C30H37NO4/c1-19-3-6-22-13-24-28-8-9-30(32-2,23(14-28)18-34-17-21-7-12-33-16-21)27-29(28,25(22)26(19)35-27)10-11-31(24)15-20-4-5-20/h3,6-7,12,16,20,23-24,27H,4-5,8-11,13-15,17-18H2,1-2H3/t23-,24+,27?,28+,29-,30+/m0/s1. The molecular weight excluding hydrogens is 438 g/mol. The molecule has 7 aliphatic rings. The lowest BCUT2D eigenvalue weighted by Crippen LogP contribution is -2.81. The van der Waals surface area contributed by atoms with Crippen LogP contribution in [0.4, 0.5) is 0 Å². The summed E-state index contributed by atoms with van der Waals surface area (Å²) in [6, 6.07) is 7.33. The van der Waals surface area contributed by atoms with E-state index < -0.39 is 0 Å². The van der Waals surface area contributed by atoms with Crippen LogP contribution in [0.2, 0.25) is 0 Å². The van der Waals surface area contributed by atoms with Gasteiger partial charge >= 0.3 is 0 Å². The van der Waals surface area contributed by atoms with Crippen LogP contribution in [-0.2, 0) is 27.9 Å². The van der Waals surface area contributed by atoms with Crippen molar-refractivity contribution in [3.8, 4) is 5.75 Å². The van der Waals surface area contributed by atoms with Gasteiger partial charge in [0.25, 0.3) is 0 Å². The molecule has 6 atom stereocenters. The van der Waals surface area contributed by atoms with E-state index in [1.54, 1.807) is 23.7 Å². The number of nitrogens with zero attached hydrogens (tertiary/aromatic N) is 1. The fourth-order valence-electron chi connectivity index (χ4n) is 9.59. The van der Waals surface area contributed by atoms with Crippen molar-refractivity contribution in [2.75, 3.05) is 26.8 Å². The third-order valence-electron chi connectivity index (χ3n) is 11.2. The van der Waals surface area contributed by atoms with Crippen LogP contribution >= 0.6 is 0 Å². The molecule has 5 fully saturated rings. The van der Waals surface area contributed by atoms with Gasteiger partial charge in [0.15, 0.2) is 0 Å². The summed E-state index contributed by atoms with van der Waals surface area (Å²) in [5.41, 5.74) is 5.56. The van der Waals surface area contributed by atoms with Crippen LogP contribution < -0.4 is 4.74 Å². The van der Waals surface area contributed by atoms with Gasteiger partial charge in [-0.3, -0.25) is 4.90 Å². The Morgan fingerprint density at radius 1 is 1.14 bits per heavy atom. The molecule has 0 radical (unpaired) electrons. The summed E-state index contributed by atoms with van der Waals surface area (Å²) < 4.78 is 25.4. The first-order chi connectivity index (χ1) is 17.1. The molecule has 1 saturated heterocycles. The average Bonchev–Trinajstić information content (AvgIpc) is 3.38. The topological polar surface area (TPSA) is 44.1 Å². The molecule has 1 aromatic heterocycles. The Bertz CT molecular complexity index is 1160. The fraction of sp³-hybridized carbons (Fsp3) is 0.667. The van der Waals surface area contributed by atoms with E-state index >= 15 is 0 Å². The van der Waals surface area contributed by atoms with E-state index in [0.29, 0.717) is 25.2 Å². The quantitative estimate of drug-likeness (QED) is 0.562. The summed E-state index contributed by atoms with van der Waals surface area (Å²) in [5, 5.41) is 0. The zero-order chi connectivity index (χ0) is 23.4. The molecule has 9 rings (SSSR count). The molecule has 3 heterocycles. The Labute approximate surface area is 208 Å². The van der Waals surface area contributed by atoms with Gasteiger partial charge < -0.3 is 18.6 Å². The second kappa shape index (κ2) is 7.14. The van der Waals surface area contributed by atoms with Crippen molar-refractivity contribution in [3.63, 3.8) is 0 Å². The molecule has 5 nitrogen and oxygen atoms in total. The van der Waals surface area contributed by atoms with E-state index in [-0.39, 0.29) is 22.5 Å². The molecule has 5 heteroatoms. The number of furan rings is 1. The average molecular weight is 476 g/mol. The third-order valence-corrected chi connectivity index (χ3v) is 11.2. The van der Waals surface area contributed by atoms with Crippen molar-refractivity contribution in [3.05, 3.63) is 53.0 Å². The lowest BCUT2D eigenvalue weighted by atomic mass is 9.35. The maximum atomic E-state index is 7.13. The zero-order valence-corrected chi connectivity index (χ0v) is 21.1. The molecule has 0 amide bonds. The molecule has 5 aliphatic carbocycles. The molecule has 1 unspecified atom stereocenters.